The smallest absolute Gasteiger partial charge is 0.263 e. The molecular formula is C13H8BrClN2O2S. The summed E-state index contributed by atoms with van der Waals surface area (Å²) in [6, 6.07) is 12.6. The maximum absolute atomic E-state index is 12.3. The van der Waals surface area contributed by atoms with Gasteiger partial charge in [0.2, 0.25) is 0 Å². The Morgan fingerprint density at radius 2 is 1.80 bits per heavy atom. The summed E-state index contributed by atoms with van der Waals surface area (Å²) in [5.41, 5.74) is 0.636. The third kappa shape index (κ3) is 3.31. The molecule has 0 heterocycles. The summed E-state index contributed by atoms with van der Waals surface area (Å²) in [5.74, 6) is 0. The molecule has 0 fully saturated rings. The number of hydrogen-bond acceptors (Lipinski definition) is 3. The van der Waals surface area contributed by atoms with E-state index in [4.69, 9.17) is 16.9 Å². The molecule has 102 valence electrons. The summed E-state index contributed by atoms with van der Waals surface area (Å²) in [7, 11) is -3.84. The van der Waals surface area contributed by atoms with E-state index in [1.54, 1.807) is 24.3 Å². The van der Waals surface area contributed by atoms with E-state index < -0.39 is 10.0 Å². The lowest BCUT2D eigenvalue weighted by Crippen LogP contribution is -2.13. The Balaban J connectivity index is 2.40. The number of nitrogens with one attached hydrogen (secondary N) is 1. The molecule has 7 heteroatoms. The van der Waals surface area contributed by atoms with Crippen molar-refractivity contribution in [3.05, 3.63) is 57.5 Å². The van der Waals surface area contributed by atoms with Gasteiger partial charge in [-0.15, -0.1) is 0 Å². The number of halogens is 2. The first kappa shape index (κ1) is 14.9. The number of rotatable bonds is 3. The zero-order chi connectivity index (χ0) is 14.8. The predicted octanol–water partition coefficient (Wildman–Crippen LogP) is 3.77. The molecule has 0 saturated heterocycles. The minimum Gasteiger partial charge on any atom is -0.280 e. The molecule has 2 aromatic carbocycles. The average molecular weight is 372 g/mol. The number of benzene rings is 2. The van der Waals surface area contributed by atoms with Crippen LogP contribution in [0.2, 0.25) is 5.02 Å². The zero-order valence-electron chi connectivity index (χ0n) is 9.97. The highest BCUT2D eigenvalue weighted by molar-refractivity contribution is 9.10. The Morgan fingerprint density at radius 3 is 2.40 bits per heavy atom. The van der Waals surface area contributed by atoms with E-state index in [0.29, 0.717) is 5.69 Å². The van der Waals surface area contributed by atoms with Crippen molar-refractivity contribution in [3.63, 3.8) is 0 Å². The van der Waals surface area contributed by atoms with Crippen LogP contribution in [0.15, 0.2) is 51.8 Å². The number of sulfonamides is 1. The van der Waals surface area contributed by atoms with Crippen molar-refractivity contribution in [1.29, 1.82) is 5.26 Å². The summed E-state index contributed by atoms with van der Waals surface area (Å²) in [6.45, 7) is 0. The fourth-order valence-electron chi connectivity index (χ4n) is 1.51. The van der Waals surface area contributed by atoms with Crippen LogP contribution < -0.4 is 4.72 Å². The van der Waals surface area contributed by atoms with Gasteiger partial charge in [-0.3, -0.25) is 4.72 Å². The van der Waals surface area contributed by atoms with E-state index in [1.165, 1.54) is 18.2 Å². The molecule has 0 radical (unpaired) electrons. The van der Waals surface area contributed by atoms with E-state index in [1.807, 2.05) is 6.07 Å². The molecule has 0 spiro atoms. The Kier molecular flexibility index (Phi) is 4.33. The van der Waals surface area contributed by atoms with Gasteiger partial charge in [-0.25, -0.2) is 8.42 Å². The van der Waals surface area contributed by atoms with Gasteiger partial charge in [0.1, 0.15) is 4.90 Å². The molecule has 0 aliphatic rings. The average Bonchev–Trinajstić information content (AvgIpc) is 2.41. The van der Waals surface area contributed by atoms with Gasteiger partial charge in [0, 0.05) is 10.2 Å². The SMILES string of the molecule is N#Cc1ccc(Cl)c(S(=O)(=O)Nc2ccc(Br)cc2)c1. The first-order valence-corrected chi connectivity index (χ1v) is 8.06. The molecule has 0 aliphatic carbocycles. The Morgan fingerprint density at radius 1 is 1.15 bits per heavy atom. The fourth-order valence-corrected chi connectivity index (χ4v) is 3.36. The highest BCUT2D eigenvalue weighted by Gasteiger charge is 2.18. The van der Waals surface area contributed by atoms with Crippen molar-refractivity contribution >= 4 is 43.2 Å². The lowest BCUT2D eigenvalue weighted by atomic mass is 10.2. The standard InChI is InChI=1S/C13H8BrClN2O2S/c14-10-2-4-11(5-3-10)17-20(18,19)13-7-9(8-16)1-6-12(13)15/h1-7,17H. The minimum absolute atomic E-state index is 0.0635. The lowest BCUT2D eigenvalue weighted by molar-refractivity contribution is 0.601. The van der Waals surface area contributed by atoms with Crippen LogP contribution in [0.1, 0.15) is 5.56 Å². The summed E-state index contributed by atoms with van der Waals surface area (Å²) >= 11 is 9.16. The third-order valence-electron chi connectivity index (χ3n) is 2.45. The van der Waals surface area contributed by atoms with E-state index >= 15 is 0 Å². The topological polar surface area (TPSA) is 70.0 Å². The molecule has 0 atom stereocenters. The highest BCUT2D eigenvalue weighted by atomic mass is 79.9. The summed E-state index contributed by atoms with van der Waals surface area (Å²) in [6.07, 6.45) is 0. The molecule has 1 N–H and O–H groups in total. The normalized spacial score (nSPS) is 10.8. The molecule has 0 unspecified atom stereocenters. The van der Waals surface area contributed by atoms with Crippen molar-refractivity contribution in [2.45, 2.75) is 4.90 Å². The second-order valence-electron chi connectivity index (χ2n) is 3.87. The van der Waals surface area contributed by atoms with E-state index in [0.717, 1.165) is 4.47 Å². The van der Waals surface area contributed by atoms with Gasteiger partial charge in [-0.05, 0) is 42.5 Å². The molecule has 2 aromatic rings. The van der Waals surface area contributed by atoms with Crippen molar-refractivity contribution in [1.82, 2.24) is 0 Å². The van der Waals surface area contributed by atoms with Crippen molar-refractivity contribution in [2.24, 2.45) is 0 Å². The van der Waals surface area contributed by atoms with Crippen LogP contribution in [0.5, 0.6) is 0 Å². The second-order valence-corrected chi connectivity index (χ2v) is 6.84. The summed E-state index contributed by atoms with van der Waals surface area (Å²) in [5, 5.41) is 8.89. The fraction of sp³-hybridized carbons (Fsp3) is 0. The number of hydrogen-bond donors (Lipinski definition) is 1. The van der Waals surface area contributed by atoms with Gasteiger partial charge in [0.05, 0.1) is 16.7 Å². The van der Waals surface area contributed by atoms with Crippen LogP contribution in [-0.2, 0) is 10.0 Å². The van der Waals surface area contributed by atoms with Crippen LogP contribution in [0.4, 0.5) is 5.69 Å². The Labute approximate surface area is 130 Å². The molecular weight excluding hydrogens is 364 g/mol. The first-order valence-electron chi connectivity index (χ1n) is 5.40. The molecule has 0 amide bonds. The Bertz CT molecular complexity index is 783. The number of nitriles is 1. The van der Waals surface area contributed by atoms with Crippen LogP contribution in [0.25, 0.3) is 0 Å². The van der Waals surface area contributed by atoms with Gasteiger partial charge >= 0.3 is 0 Å². The molecule has 2 rings (SSSR count). The minimum atomic E-state index is -3.84. The zero-order valence-corrected chi connectivity index (χ0v) is 13.1. The molecule has 4 nitrogen and oxygen atoms in total. The van der Waals surface area contributed by atoms with Gasteiger partial charge in [0.15, 0.2) is 0 Å². The van der Waals surface area contributed by atoms with Gasteiger partial charge in [0.25, 0.3) is 10.0 Å². The maximum atomic E-state index is 12.3. The van der Waals surface area contributed by atoms with Crippen molar-refractivity contribution in [2.75, 3.05) is 4.72 Å². The monoisotopic (exact) mass is 370 g/mol. The molecule has 0 aliphatic heterocycles. The molecule has 0 bridgehead atoms. The summed E-state index contributed by atoms with van der Waals surface area (Å²) in [4.78, 5) is -0.124. The van der Waals surface area contributed by atoms with Crippen LogP contribution in [0, 0.1) is 11.3 Å². The Hall–Kier alpha value is -1.55. The number of nitrogens with zero attached hydrogens (tertiary/aromatic N) is 1. The van der Waals surface area contributed by atoms with Crippen molar-refractivity contribution < 1.29 is 8.42 Å². The molecule has 0 aromatic heterocycles. The highest BCUT2D eigenvalue weighted by Crippen LogP contribution is 2.25. The quantitative estimate of drug-likeness (QED) is 0.892. The van der Waals surface area contributed by atoms with Crippen molar-refractivity contribution in [3.8, 4) is 6.07 Å². The predicted molar refractivity (Wildman–Crippen MR) is 81.1 cm³/mol. The molecule has 20 heavy (non-hydrogen) atoms. The lowest BCUT2D eigenvalue weighted by Gasteiger charge is -2.09. The van der Waals surface area contributed by atoms with Crippen LogP contribution >= 0.6 is 27.5 Å². The van der Waals surface area contributed by atoms with Crippen LogP contribution in [0.3, 0.4) is 0 Å². The number of anilines is 1. The first-order chi connectivity index (χ1) is 9.42. The largest absolute Gasteiger partial charge is 0.280 e. The van der Waals surface area contributed by atoms with E-state index in [2.05, 4.69) is 20.7 Å². The summed E-state index contributed by atoms with van der Waals surface area (Å²) < 4.78 is 27.8. The van der Waals surface area contributed by atoms with E-state index in [-0.39, 0.29) is 15.5 Å². The van der Waals surface area contributed by atoms with Crippen LogP contribution in [-0.4, -0.2) is 8.42 Å². The van der Waals surface area contributed by atoms with Gasteiger partial charge in [-0.2, -0.15) is 5.26 Å². The second kappa shape index (κ2) is 5.83. The van der Waals surface area contributed by atoms with Gasteiger partial charge < -0.3 is 0 Å². The maximum Gasteiger partial charge on any atom is 0.263 e. The van der Waals surface area contributed by atoms with E-state index in [9.17, 15) is 8.42 Å². The van der Waals surface area contributed by atoms with Gasteiger partial charge in [-0.1, -0.05) is 27.5 Å². The molecule has 0 saturated carbocycles. The third-order valence-corrected chi connectivity index (χ3v) is 4.84.